The number of rotatable bonds is 4. The predicted molar refractivity (Wildman–Crippen MR) is 69.0 cm³/mol. The number of benzene rings is 1. The van der Waals surface area contributed by atoms with Gasteiger partial charge in [0.05, 0.1) is 0 Å². The van der Waals surface area contributed by atoms with Crippen LogP contribution in [0.4, 0.5) is 0 Å². The fourth-order valence-electron chi connectivity index (χ4n) is 1.87. The van der Waals surface area contributed by atoms with Crippen LogP contribution < -0.4 is 5.32 Å². The van der Waals surface area contributed by atoms with Crippen molar-refractivity contribution in [1.29, 1.82) is 0 Å². The minimum atomic E-state index is -0.705. The van der Waals surface area contributed by atoms with Gasteiger partial charge in [0.2, 0.25) is 0 Å². The summed E-state index contributed by atoms with van der Waals surface area (Å²) >= 11 is 0. The highest BCUT2D eigenvalue weighted by Gasteiger charge is 2.19. The lowest BCUT2D eigenvalue weighted by atomic mass is 10.1. The van der Waals surface area contributed by atoms with E-state index in [1.807, 2.05) is 0 Å². The van der Waals surface area contributed by atoms with Crippen LogP contribution in [0.1, 0.15) is 16.7 Å². The molecule has 0 aromatic heterocycles. The average Bonchev–Trinajstić information content (AvgIpc) is 2.18. The minimum absolute atomic E-state index is 0.632. The van der Waals surface area contributed by atoms with Crippen molar-refractivity contribution in [2.45, 2.75) is 19.6 Å². The zero-order valence-corrected chi connectivity index (χ0v) is 10.8. The summed E-state index contributed by atoms with van der Waals surface area (Å²) in [5.41, 5.74) is 3.80. The molecule has 88 valence electrons. The van der Waals surface area contributed by atoms with E-state index < -0.39 is 10.8 Å². The van der Waals surface area contributed by atoms with Crippen LogP contribution in [0.3, 0.4) is 0 Å². The first kappa shape index (κ1) is 11.8. The van der Waals surface area contributed by atoms with Gasteiger partial charge in [0.25, 0.3) is 0 Å². The quantitative estimate of drug-likeness (QED) is 0.865. The van der Waals surface area contributed by atoms with Crippen molar-refractivity contribution in [2.24, 2.45) is 5.92 Å². The standard InChI is InChI=1S/C13H19NOS/c1-10-3-4-12(5-11(10)2)8-16(15)9-13-6-14-7-13/h3-5,13-14H,6-9H2,1-2H3. The summed E-state index contributed by atoms with van der Waals surface area (Å²) in [6, 6.07) is 6.37. The van der Waals surface area contributed by atoms with E-state index >= 15 is 0 Å². The third-order valence-corrected chi connectivity index (χ3v) is 4.69. The van der Waals surface area contributed by atoms with Gasteiger partial charge in [-0.05, 0) is 36.5 Å². The predicted octanol–water partition coefficient (Wildman–Crippen LogP) is 1.77. The van der Waals surface area contributed by atoms with Crippen LogP contribution in [0.5, 0.6) is 0 Å². The molecular weight excluding hydrogens is 218 g/mol. The number of hydrogen-bond donors (Lipinski definition) is 1. The maximum atomic E-state index is 11.9. The molecule has 0 saturated carbocycles. The highest BCUT2D eigenvalue weighted by atomic mass is 32.2. The molecule has 0 aliphatic carbocycles. The summed E-state index contributed by atoms with van der Waals surface area (Å²) in [5.74, 6) is 2.18. The summed E-state index contributed by atoms with van der Waals surface area (Å²) in [5, 5.41) is 3.21. The number of hydrogen-bond acceptors (Lipinski definition) is 2. The van der Waals surface area contributed by atoms with Gasteiger partial charge in [0.15, 0.2) is 0 Å². The van der Waals surface area contributed by atoms with Gasteiger partial charge in [-0.3, -0.25) is 4.21 Å². The molecular formula is C13H19NOS. The first-order valence-electron chi connectivity index (χ1n) is 5.77. The van der Waals surface area contributed by atoms with Crippen LogP contribution in [-0.2, 0) is 16.6 Å². The number of aryl methyl sites for hydroxylation is 2. The van der Waals surface area contributed by atoms with Crippen molar-refractivity contribution < 1.29 is 4.21 Å². The molecule has 2 rings (SSSR count). The molecule has 1 N–H and O–H groups in total. The van der Waals surface area contributed by atoms with Gasteiger partial charge in [-0.2, -0.15) is 0 Å². The molecule has 1 aliphatic rings. The topological polar surface area (TPSA) is 29.1 Å². The third kappa shape index (κ3) is 2.92. The average molecular weight is 237 g/mol. The zero-order valence-electron chi connectivity index (χ0n) is 9.95. The first-order valence-corrected chi connectivity index (χ1v) is 7.26. The monoisotopic (exact) mass is 237 g/mol. The van der Waals surface area contributed by atoms with Crippen LogP contribution >= 0.6 is 0 Å². The third-order valence-electron chi connectivity index (χ3n) is 3.19. The molecule has 1 saturated heterocycles. The molecule has 1 unspecified atom stereocenters. The molecule has 0 bridgehead atoms. The van der Waals surface area contributed by atoms with Crippen molar-refractivity contribution in [2.75, 3.05) is 18.8 Å². The van der Waals surface area contributed by atoms with E-state index in [2.05, 4.69) is 37.4 Å². The van der Waals surface area contributed by atoms with E-state index in [9.17, 15) is 4.21 Å². The summed E-state index contributed by atoms with van der Waals surface area (Å²) in [6.07, 6.45) is 0. The van der Waals surface area contributed by atoms with E-state index in [0.29, 0.717) is 11.7 Å². The summed E-state index contributed by atoms with van der Waals surface area (Å²) < 4.78 is 11.9. The summed E-state index contributed by atoms with van der Waals surface area (Å²) in [6.45, 7) is 6.30. The van der Waals surface area contributed by atoms with Crippen molar-refractivity contribution >= 4 is 10.8 Å². The normalized spacial score (nSPS) is 18.1. The molecule has 3 heteroatoms. The van der Waals surface area contributed by atoms with Gasteiger partial charge in [-0.25, -0.2) is 0 Å². The number of nitrogens with one attached hydrogen (secondary N) is 1. The Morgan fingerprint density at radius 1 is 1.31 bits per heavy atom. The second-order valence-electron chi connectivity index (χ2n) is 4.69. The van der Waals surface area contributed by atoms with Gasteiger partial charge in [-0.1, -0.05) is 18.2 Å². The SMILES string of the molecule is Cc1ccc(CS(=O)CC2CNC2)cc1C. The molecule has 0 amide bonds. The van der Waals surface area contributed by atoms with Crippen LogP contribution in [-0.4, -0.2) is 23.1 Å². The Labute approximate surface area is 99.9 Å². The molecule has 1 aromatic carbocycles. The maximum absolute atomic E-state index is 11.9. The second kappa shape index (κ2) is 5.11. The van der Waals surface area contributed by atoms with Crippen LogP contribution in [0, 0.1) is 19.8 Å². The van der Waals surface area contributed by atoms with Gasteiger partial charge >= 0.3 is 0 Å². The Kier molecular flexibility index (Phi) is 3.77. The smallest absolute Gasteiger partial charge is 0.0485 e. The van der Waals surface area contributed by atoms with Crippen molar-refractivity contribution in [1.82, 2.24) is 5.32 Å². The molecule has 16 heavy (non-hydrogen) atoms. The molecule has 1 atom stereocenters. The van der Waals surface area contributed by atoms with Crippen LogP contribution in [0.2, 0.25) is 0 Å². The lowest BCUT2D eigenvalue weighted by Crippen LogP contribution is -2.44. The Morgan fingerprint density at radius 3 is 2.62 bits per heavy atom. The fourth-order valence-corrected chi connectivity index (χ4v) is 3.30. The van der Waals surface area contributed by atoms with Crippen LogP contribution in [0.25, 0.3) is 0 Å². The Balaban J connectivity index is 1.92. The van der Waals surface area contributed by atoms with E-state index in [4.69, 9.17) is 0 Å². The van der Waals surface area contributed by atoms with E-state index in [1.54, 1.807) is 0 Å². The lowest BCUT2D eigenvalue weighted by molar-refractivity contribution is 0.382. The molecule has 0 spiro atoms. The van der Waals surface area contributed by atoms with E-state index in [1.165, 1.54) is 16.7 Å². The summed E-state index contributed by atoms with van der Waals surface area (Å²) in [4.78, 5) is 0. The van der Waals surface area contributed by atoms with E-state index in [-0.39, 0.29) is 0 Å². The summed E-state index contributed by atoms with van der Waals surface area (Å²) in [7, 11) is -0.705. The Bertz CT molecular complexity index is 399. The molecule has 2 nitrogen and oxygen atoms in total. The largest absolute Gasteiger partial charge is 0.316 e. The second-order valence-corrected chi connectivity index (χ2v) is 6.20. The van der Waals surface area contributed by atoms with Gasteiger partial charge < -0.3 is 5.32 Å². The van der Waals surface area contributed by atoms with Crippen molar-refractivity contribution in [3.8, 4) is 0 Å². The highest BCUT2D eigenvalue weighted by molar-refractivity contribution is 7.84. The molecule has 1 heterocycles. The Morgan fingerprint density at radius 2 is 2.06 bits per heavy atom. The lowest BCUT2D eigenvalue weighted by Gasteiger charge is -2.26. The first-order chi connectivity index (χ1) is 7.65. The zero-order chi connectivity index (χ0) is 11.5. The molecule has 0 radical (unpaired) electrons. The highest BCUT2D eigenvalue weighted by Crippen LogP contribution is 2.13. The Hall–Kier alpha value is -0.670. The van der Waals surface area contributed by atoms with Gasteiger partial charge in [-0.15, -0.1) is 0 Å². The molecule has 1 aliphatic heterocycles. The van der Waals surface area contributed by atoms with Crippen molar-refractivity contribution in [3.05, 3.63) is 34.9 Å². The van der Waals surface area contributed by atoms with Gasteiger partial charge in [0, 0.05) is 35.4 Å². The van der Waals surface area contributed by atoms with Crippen LogP contribution in [0.15, 0.2) is 18.2 Å². The minimum Gasteiger partial charge on any atom is -0.316 e. The van der Waals surface area contributed by atoms with E-state index in [0.717, 1.165) is 18.8 Å². The molecule has 1 fully saturated rings. The van der Waals surface area contributed by atoms with Gasteiger partial charge in [0.1, 0.15) is 0 Å². The fraction of sp³-hybridized carbons (Fsp3) is 0.538. The maximum Gasteiger partial charge on any atom is 0.0485 e. The molecule has 1 aromatic rings. The van der Waals surface area contributed by atoms with Crippen molar-refractivity contribution in [3.63, 3.8) is 0 Å².